The number of hydrogen-bond donors (Lipinski definition) is 1. The number of carbonyl (C=O) groups is 1. The number of methoxy groups -OCH3 is 1. The first-order valence-corrected chi connectivity index (χ1v) is 8.47. The molecule has 0 bridgehead atoms. The minimum atomic E-state index is -0.353. The van der Waals surface area contributed by atoms with Crippen LogP contribution in [0.15, 0.2) is 18.2 Å². The number of piperidine rings is 1. The minimum Gasteiger partial charge on any atom is -0.377 e. The summed E-state index contributed by atoms with van der Waals surface area (Å²) in [6.45, 7) is 4.38. The molecule has 5 nitrogen and oxygen atoms in total. The van der Waals surface area contributed by atoms with Gasteiger partial charge in [-0.15, -0.1) is 0 Å². The van der Waals surface area contributed by atoms with E-state index < -0.39 is 0 Å². The van der Waals surface area contributed by atoms with E-state index in [2.05, 4.69) is 10.2 Å². The van der Waals surface area contributed by atoms with Gasteiger partial charge >= 0.3 is 0 Å². The van der Waals surface area contributed by atoms with Gasteiger partial charge in [-0.2, -0.15) is 0 Å². The van der Waals surface area contributed by atoms with Crippen molar-refractivity contribution in [2.24, 2.45) is 0 Å². The van der Waals surface area contributed by atoms with Crippen LogP contribution >= 0.6 is 0 Å². The maximum atomic E-state index is 13.3. The van der Waals surface area contributed by atoms with Gasteiger partial charge in [-0.05, 0) is 43.9 Å². The number of rotatable bonds is 4. The molecule has 1 aromatic carbocycles. The van der Waals surface area contributed by atoms with Crippen LogP contribution in [0.4, 0.5) is 10.1 Å². The Morgan fingerprint density at radius 3 is 3.04 bits per heavy atom. The summed E-state index contributed by atoms with van der Waals surface area (Å²) in [6.07, 6.45) is 2.95. The molecule has 2 heterocycles. The molecule has 132 valence electrons. The molecule has 1 spiro atoms. The number of benzene rings is 1. The Kier molecular flexibility index (Phi) is 5.18. The van der Waals surface area contributed by atoms with E-state index in [-0.39, 0.29) is 30.0 Å². The standard InChI is InChI=1S/C18H25FN2O3/c1-13-4-5-14(19)10-15(13)20-17(22)12-21-8-7-18(6-3-9-24-18)16(11-21)23-2/h4-5,10,16H,3,6-9,11-12H2,1-2H3,(H,20,22)/t16-,18+/m1/s1. The average Bonchev–Trinajstić information content (AvgIpc) is 3.02. The van der Waals surface area contributed by atoms with Crippen molar-refractivity contribution in [1.29, 1.82) is 0 Å². The zero-order valence-corrected chi connectivity index (χ0v) is 14.3. The summed E-state index contributed by atoms with van der Waals surface area (Å²) < 4.78 is 24.9. The Hall–Kier alpha value is -1.50. The van der Waals surface area contributed by atoms with Crippen molar-refractivity contribution in [1.82, 2.24) is 4.90 Å². The van der Waals surface area contributed by atoms with Gasteiger partial charge in [0, 0.05) is 32.5 Å². The summed E-state index contributed by atoms with van der Waals surface area (Å²) in [5.74, 6) is -0.490. The van der Waals surface area contributed by atoms with Crippen molar-refractivity contribution in [3.63, 3.8) is 0 Å². The lowest BCUT2D eigenvalue weighted by molar-refractivity contribution is -0.145. The molecule has 0 aromatic heterocycles. The molecular formula is C18H25FN2O3. The maximum Gasteiger partial charge on any atom is 0.238 e. The molecule has 2 atom stereocenters. The van der Waals surface area contributed by atoms with Crippen LogP contribution in [0.1, 0.15) is 24.8 Å². The first kappa shape index (κ1) is 17.3. The third kappa shape index (κ3) is 3.61. The van der Waals surface area contributed by atoms with E-state index >= 15 is 0 Å². The fraction of sp³-hybridized carbons (Fsp3) is 0.611. The van der Waals surface area contributed by atoms with Gasteiger partial charge in [0.2, 0.25) is 5.91 Å². The van der Waals surface area contributed by atoms with Gasteiger partial charge in [-0.25, -0.2) is 4.39 Å². The number of carbonyl (C=O) groups excluding carboxylic acids is 1. The van der Waals surface area contributed by atoms with Gasteiger partial charge in [0.1, 0.15) is 5.82 Å². The third-order valence-corrected chi connectivity index (χ3v) is 5.12. The molecule has 24 heavy (non-hydrogen) atoms. The van der Waals surface area contributed by atoms with Gasteiger partial charge in [-0.1, -0.05) is 6.07 Å². The van der Waals surface area contributed by atoms with Crippen LogP contribution in [0, 0.1) is 12.7 Å². The van der Waals surface area contributed by atoms with Crippen LogP contribution in [0.5, 0.6) is 0 Å². The molecule has 0 radical (unpaired) electrons. The Bertz CT molecular complexity index is 602. The van der Waals surface area contributed by atoms with Gasteiger partial charge < -0.3 is 14.8 Å². The minimum absolute atomic E-state index is 0.0162. The second-order valence-electron chi connectivity index (χ2n) is 6.73. The number of hydrogen-bond acceptors (Lipinski definition) is 4. The maximum absolute atomic E-state index is 13.3. The molecule has 0 saturated carbocycles. The summed E-state index contributed by atoms with van der Waals surface area (Å²) in [4.78, 5) is 14.4. The van der Waals surface area contributed by atoms with E-state index in [0.717, 1.165) is 38.0 Å². The Morgan fingerprint density at radius 1 is 1.50 bits per heavy atom. The average molecular weight is 336 g/mol. The quantitative estimate of drug-likeness (QED) is 0.917. The predicted octanol–water partition coefficient (Wildman–Crippen LogP) is 2.34. The predicted molar refractivity (Wildman–Crippen MR) is 89.5 cm³/mol. The number of anilines is 1. The number of nitrogens with one attached hydrogen (secondary N) is 1. The van der Waals surface area contributed by atoms with Crippen molar-refractivity contribution in [3.05, 3.63) is 29.6 Å². The van der Waals surface area contributed by atoms with Crippen LogP contribution in [0.25, 0.3) is 0 Å². The van der Waals surface area contributed by atoms with E-state index in [1.807, 2.05) is 6.92 Å². The van der Waals surface area contributed by atoms with E-state index in [9.17, 15) is 9.18 Å². The van der Waals surface area contributed by atoms with Crippen molar-refractivity contribution in [3.8, 4) is 0 Å². The van der Waals surface area contributed by atoms with Crippen LogP contribution < -0.4 is 5.32 Å². The smallest absolute Gasteiger partial charge is 0.238 e. The van der Waals surface area contributed by atoms with Crippen LogP contribution in [0.2, 0.25) is 0 Å². The molecular weight excluding hydrogens is 311 g/mol. The number of ether oxygens (including phenoxy) is 2. The van der Waals surface area contributed by atoms with E-state index in [0.29, 0.717) is 12.2 Å². The largest absolute Gasteiger partial charge is 0.377 e. The highest BCUT2D eigenvalue weighted by molar-refractivity contribution is 5.92. The molecule has 6 heteroatoms. The summed E-state index contributed by atoms with van der Waals surface area (Å²) in [5, 5.41) is 2.80. The number of nitrogens with zero attached hydrogens (tertiary/aromatic N) is 1. The van der Waals surface area contributed by atoms with Crippen molar-refractivity contribution < 1.29 is 18.7 Å². The normalized spacial score (nSPS) is 27.5. The van der Waals surface area contributed by atoms with Gasteiger partial charge in [0.15, 0.2) is 0 Å². The second-order valence-corrected chi connectivity index (χ2v) is 6.73. The van der Waals surface area contributed by atoms with Gasteiger partial charge in [0.05, 0.1) is 18.2 Å². The molecule has 2 aliphatic rings. The van der Waals surface area contributed by atoms with Gasteiger partial charge in [-0.3, -0.25) is 9.69 Å². The van der Waals surface area contributed by atoms with Crippen LogP contribution in [-0.4, -0.2) is 55.9 Å². The van der Waals surface area contributed by atoms with Crippen molar-refractivity contribution >= 4 is 11.6 Å². The van der Waals surface area contributed by atoms with Crippen molar-refractivity contribution in [2.75, 3.05) is 38.7 Å². The zero-order chi connectivity index (χ0) is 17.2. The molecule has 0 aliphatic carbocycles. The summed E-state index contributed by atoms with van der Waals surface area (Å²) in [7, 11) is 1.70. The van der Waals surface area contributed by atoms with E-state index in [1.54, 1.807) is 13.2 Å². The highest BCUT2D eigenvalue weighted by atomic mass is 19.1. The number of amides is 1. The number of likely N-dealkylation sites (tertiary alicyclic amines) is 1. The summed E-state index contributed by atoms with van der Waals surface area (Å²) >= 11 is 0. The Morgan fingerprint density at radius 2 is 2.33 bits per heavy atom. The Balaban J connectivity index is 1.58. The first-order chi connectivity index (χ1) is 11.5. The number of halogens is 1. The highest BCUT2D eigenvalue weighted by Gasteiger charge is 2.46. The molecule has 2 saturated heterocycles. The zero-order valence-electron chi connectivity index (χ0n) is 14.3. The van der Waals surface area contributed by atoms with Gasteiger partial charge in [0.25, 0.3) is 0 Å². The topological polar surface area (TPSA) is 50.8 Å². The molecule has 1 amide bonds. The fourth-order valence-corrected chi connectivity index (χ4v) is 3.73. The second kappa shape index (κ2) is 7.17. The number of aryl methyl sites for hydroxylation is 1. The molecule has 1 aromatic rings. The summed E-state index contributed by atoms with van der Waals surface area (Å²) in [5.41, 5.74) is 1.19. The molecule has 2 aliphatic heterocycles. The molecule has 0 unspecified atom stereocenters. The van der Waals surface area contributed by atoms with E-state index in [1.165, 1.54) is 12.1 Å². The Labute approximate surface area is 142 Å². The monoisotopic (exact) mass is 336 g/mol. The lowest BCUT2D eigenvalue weighted by Gasteiger charge is -2.44. The third-order valence-electron chi connectivity index (χ3n) is 5.12. The van der Waals surface area contributed by atoms with E-state index in [4.69, 9.17) is 9.47 Å². The molecule has 3 rings (SSSR count). The summed E-state index contributed by atoms with van der Waals surface area (Å²) in [6, 6.07) is 4.40. The fourth-order valence-electron chi connectivity index (χ4n) is 3.73. The van der Waals surface area contributed by atoms with Crippen LogP contribution in [-0.2, 0) is 14.3 Å². The SMILES string of the molecule is CO[C@@H]1CN(CC(=O)Nc2cc(F)ccc2C)CC[C@@]12CCCO2. The molecule has 2 fully saturated rings. The molecule has 1 N–H and O–H groups in total. The lowest BCUT2D eigenvalue weighted by Crippen LogP contribution is -2.57. The van der Waals surface area contributed by atoms with Crippen LogP contribution in [0.3, 0.4) is 0 Å². The highest BCUT2D eigenvalue weighted by Crippen LogP contribution is 2.37. The van der Waals surface area contributed by atoms with Crippen molar-refractivity contribution in [2.45, 2.75) is 37.9 Å². The first-order valence-electron chi connectivity index (χ1n) is 8.47. The lowest BCUT2D eigenvalue weighted by atomic mass is 9.86.